The number of esters is 3. The maximum absolute atomic E-state index is 12.9. The molecule has 2 aliphatic carbocycles. The summed E-state index contributed by atoms with van der Waals surface area (Å²) in [6.45, 7) is 11.3. The number of hydrogen-bond acceptors (Lipinski definition) is 8. The van der Waals surface area contributed by atoms with E-state index < -0.39 is 59.0 Å². The van der Waals surface area contributed by atoms with Crippen molar-refractivity contribution in [3.8, 4) is 0 Å². The normalized spacial score (nSPS) is 30.5. The van der Waals surface area contributed by atoms with Gasteiger partial charge >= 0.3 is 24.0 Å². The summed E-state index contributed by atoms with van der Waals surface area (Å²) in [5.74, 6) is -3.73. The quantitative estimate of drug-likeness (QED) is 0.409. The Morgan fingerprint density at radius 1 is 1.25 bits per heavy atom. The lowest BCUT2D eigenvalue weighted by Crippen LogP contribution is -2.58. The number of fused-ring (bicyclic) bond motifs is 1. The molecule has 2 saturated carbocycles. The average Bonchev–Trinajstić information content (AvgIpc) is 3.20. The molecule has 0 aromatic heterocycles. The van der Waals surface area contributed by atoms with Gasteiger partial charge in [0.2, 0.25) is 0 Å². The zero-order valence-electron chi connectivity index (χ0n) is 16.8. The van der Waals surface area contributed by atoms with Gasteiger partial charge in [-0.05, 0) is 27.7 Å². The van der Waals surface area contributed by atoms with E-state index in [2.05, 4.69) is 11.9 Å². The molecular weight excluding hydrogens is 370 g/mol. The fourth-order valence-corrected chi connectivity index (χ4v) is 3.97. The SMILES string of the molecule is C=COC(=O)[C@H]1[C@H]2[C@@H]1C(NC(=O)OC(C)(C)C)(C(=O)OCC)C[C@@H]2OC(C)=O. The van der Waals surface area contributed by atoms with Gasteiger partial charge in [-0.1, -0.05) is 6.58 Å². The molecule has 1 N–H and O–H groups in total. The summed E-state index contributed by atoms with van der Waals surface area (Å²) < 4.78 is 20.6. The monoisotopic (exact) mass is 397 g/mol. The highest BCUT2D eigenvalue weighted by Crippen LogP contribution is 2.64. The predicted molar refractivity (Wildman–Crippen MR) is 95.7 cm³/mol. The van der Waals surface area contributed by atoms with Gasteiger partial charge in [-0.3, -0.25) is 9.59 Å². The molecule has 2 rings (SSSR count). The molecule has 156 valence electrons. The number of rotatable bonds is 6. The highest BCUT2D eigenvalue weighted by Gasteiger charge is 2.77. The maximum atomic E-state index is 12.9. The number of nitrogens with one attached hydrogen (secondary N) is 1. The van der Waals surface area contributed by atoms with Crippen LogP contribution in [0.15, 0.2) is 12.8 Å². The lowest BCUT2D eigenvalue weighted by Gasteiger charge is -2.32. The zero-order chi connectivity index (χ0) is 21.3. The summed E-state index contributed by atoms with van der Waals surface area (Å²) in [7, 11) is 0. The van der Waals surface area contributed by atoms with Crippen molar-refractivity contribution in [1.82, 2.24) is 5.32 Å². The van der Waals surface area contributed by atoms with Gasteiger partial charge in [0.05, 0.1) is 18.8 Å². The van der Waals surface area contributed by atoms with Crippen LogP contribution < -0.4 is 5.32 Å². The van der Waals surface area contributed by atoms with E-state index in [0.29, 0.717) is 0 Å². The Morgan fingerprint density at radius 3 is 2.39 bits per heavy atom. The highest BCUT2D eigenvalue weighted by atomic mass is 16.6. The van der Waals surface area contributed by atoms with E-state index in [1.54, 1.807) is 27.7 Å². The average molecular weight is 397 g/mol. The third-order valence-electron chi connectivity index (χ3n) is 4.75. The molecule has 1 unspecified atom stereocenters. The van der Waals surface area contributed by atoms with Gasteiger partial charge in [-0.15, -0.1) is 0 Å². The van der Waals surface area contributed by atoms with Gasteiger partial charge in [0.25, 0.3) is 0 Å². The van der Waals surface area contributed by atoms with Crippen LogP contribution in [0.2, 0.25) is 0 Å². The minimum Gasteiger partial charge on any atom is -0.464 e. The standard InChI is InChI=1S/C19H27NO8/c1-7-25-15(22)13-12-11(27-10(3)21)9-19(14(12)13,16(23)26-8-2)20-17(24)28-18(4,5)6/h7,11-14H,1,8-9H2,2-6H3,(H,20,24)/t11-,12-,13-,14-,19?/m0/s1. The first-order chi connectivity index (χ1) is 13.0. The molecule has 2 aliphatic rings. The molecule has 0 saturated heterocycles. The minimum absolute atomic E-state index is 0.0160. The Labute approximate surface area is 163 Å². The molecule has 9 heteroatoms. The number of alkyl carbamates (subject to hydrolysis) is 1. The summed E-state index contributed by atoms with van der Waals surface area (Å²) in [6.07, 6.45) is -0.600. The zero-order valence-corrected chi connectivity index (χ0v) is 16.8. The van der Waals surface area contributed by atoms with Gasteiger partial charge in [0.1, 0.15) is 17.2 Å². The molecule has 28 heavy (non-hydrogen) atoms. The predicted octanol–water partition coefficient (Wildman–Crippen LogP) is 1.70. The fourth-order valence-electron chi connectivity index (χ4n) is 3.97. The molecule has 0 aromatic rings. The second-order valence-electron chi connectivity index (χ2n) is 7.90. The van der Waals surface area contributed by atoms with Crippen molar-refractivity contribution in [2.24, 2.45) is 17.8 Å². The van der Waals surface area contributed by atoms with Crippen LogP contribution in [-0.2, 0) is 33.3 Å². The Bertz CT molecular complexity index is 682. The maximum Gasteiger partial charge on any atom is 0.408 e. The summed E-state index contributed by atoms with van der Waals surface area (Å²) in [4.78, 5) is 49.1. The number of ether oxygens (including phenoxy) is 4. The molecule has 0 radical (unpaired) electrons. The van der Waals surface area contributed by atoms with Crippen LogP contribution in [0.1, 0.15) is 41.0 Å². The summed E-state index contributed by atoms with van der Waals surface area (Å²) >= 11 is 0. The van der Waals surface area contributed by atoms with E-state index >= 15 is 0 Å². The molecule has 0 bridgehead atoms. The van der Waals surface area contributed by atoms with Crippen LogP contribution in [0.25, 0.3) is 0 Å². The van der Waals surface area contributed by atoms with Gasteiger partial charge in [0, 0.05) is 25.2 Å². The van der Waals surface area contributed by atoms with Gasteiger partial charge in [0.15, 0.2) is 0 Å². The fraction of sp³-hybridized carbons (Fsp3) is 0.684. The van der Waals surface area contributed by atoms with Crippen molar-refractivity contribution in [2.75, 3.05) is 6.61 Å². The lowest BCUT2D eigenvalue weighted by molar-refractivity contribution is -0.157. The van der Waals surface area contributed by atoms with Crippen molar-refractivity contribution in [1.29, 1.82) is 0 Å². The molecular formula is C19H27NO8. The third kappa shape index (κ3) is 4.28. The van der Waals surface area contributed by atoms with Crippen LogP contribution in [0.4, 0.5) is 4.79 Å². The van der Waals surface area contributed by atoms with Crippen molar-refractivity contribution in [3.63, 3.8) is 0 Å². The molecule has 0 spiro atoms. The van der Waals surface area contributed by atoms with Crippen LogP contribution in [0.5, 0.6) is 0 Å². The van der Waals surface area contributed by atoms with Crippen molar-refractivity contribution < 1.29 is 38.1 Å². The van der Waals surface area contributed by atoms with Gasteiger partial charge in [-0.2, -0.15) is 0 Å². The number of carbonyl (C=O) groups excluding carboxylic acids is 4. The van der Waals surface area contributed by atoms with E-state index in [1.165, 1.54) is 6.92 Å². The van der Waals surface area contributed by atoms with Gasteiger partial charge in [-0.25, -0.2) is 9.59 Å². The topological polar surface area (TPSA) is 117 Å². The molecule has 0 aromatic carbocycles. The Balaban J connectivity index is 2.37. The first kappa shape index (κ1) is 21.7. The second kappa shape index (κ2) is 7.81. The van der Waals surface area contributed by atoms with E-state index in [1.807, 2.05) is 0 Å². The Morgan fingerprint density at radius 2 is 1.89 bits per heavy atom. The largest absolute Gasteiger partial charge is 0.464 e. The van der Waals surface area contributed by atoms with E-state index in [0.717, 1.165) is 6.26 Å². The molecule has 0 aliphatic heterocycles. The van der Waals surface area contributed by atoms with Gasteiger partial charge < -0.3 is 24.3 Å². The second-order valence-corrected chi connectivity index (χ2v) is 7.90. The summed E-state index contributed by atoms with van der Waals surface area (Å²) in [5.41, 5.74) is -2.36. The van der Waals surface area contributed by atoms with Crippen LogP contribution in [0.3, 0.4) is 0 Å². The smallest absolute Gasteiger partial charge is 0.408 e. The van der Waals surface area contributed by atoms with E-state index in [4.69, 9.17) is 18.9 Å². The Hall–Kier alpha value is -2.58. The van der Waals surface area contributed by atoms with E-state index in [9.17, 15) is 19.2 Å². The van der Waals surface area contributed by atoms with Crippen LogP contribution in [0, 0.1) is 17.8 Å². The van der Waals surface area contributed by atoms with E-state index in [-0.39, 0.29) is 13.0 Å². The van der Waals surface area contributed by atoms with Crippen molar-refractivity contribution in [3.05, 3.63) is 12.8 Å². The van der Waals surface area contributed by atoms with Crippen LogP contribution in [-0.4, -0.2) is 47.9 Å². The number of carbonyl (C=O) groups is 4. The van der Waals surface area contributed by atoms with Crippen molar-refractivity contribution in [2.45, 2.75) is 58.3 Å². The molecule has 1 amide bonds. The number of hydrogen-bond donors (Lipinski definition) is 1. The summed E-state index contributed by atoms with van der Waals surface area (Å²) in [6, 6.07) is 0. The molecule has 2 fully saturated rings. The lowest BCUT2D eigenvalue weighted by atomic mass is 9.89. The Kier molecular flexibility index (Phi) is 6.06. The molecule has 9 nitrogen and oxygen atoms in total. The molecule has 0 heterocycles. The van der Waals surface area contributed by atoms with Crippen LogP contribution >= 0.6 is 0 Å². The summed E-state index contributed by atoms with van der Waals surface area (Å²) in [5, 5.41) is 2.59. The molecule has 5 atom stereocenters. The first-order valence-electron chi connectivity index (χ1n) is 9.14. The third-order valence-corrected chi connectivity index (χ3v) is 4.75. The number of amides is 1. The minimum atomic E-state index is -1.56. The first-order valence-corrected chi connectivity index (χ1v) is 9.14. The highest BCUT2D eigenvalue weighted by molar-refractivity contribution is 5.91. The van der Waals surface area contributed by atoms with Crippen molar-refractivity contribution >= 4 is 24.0 Å².